The monoisotopic (exact) mass is 936 g/mol. The molecule has 2 atom stereocenters. The molecule has 13 nitrogen and oxygen atoms in total. The van der Waals surface area contributed by atoms with Crippen molar-refractivity contribution in [2.45, 2.75) is 83.6 Å². The molecule has 362 valence electrons. The number of nitrogens with zero attached hydrogens (tertiary/aromatic N) is 8. The van der Waals surface area contributed by atoms with Gasteiger partial charge >= 0.3 is 6.01 Å². The summed E-state index contributed by atoms with van der Waals surface area (Å²) in [6.07, 6.45) is 9.59. The van der Waals surface area contributed by atoms with E-state index in [2.05, 4.69) is 58.7 Å². The second-order valence-corrected chi connectivity index (χ2v) is 19.6. The third-order valence-corrected chi connectivity index (χ3v) is 14.9. The number of nitrogens with one attached hydrogen (secondary N) is 1. The second kappa shape index (κ2) is 20.6. The number of rotatable bonds is 9. The van der Waals surface area contributed by atoms with Gasteiger partial charge in [-0.2, -0.15) is 9.97 Å². The van der Waals surface area contributed by atoms with E-state index in [1.807, 2.05) is 19.1 Å². The summed E-state index contributed by atoms with van der Waals surface area (Å²) < 4.78 is 51.0. The molecule has 16 heteroatoms. The van der Waals surface area contributed by atoms with Crippen molar-refractivity contribution in [2.75, 3.05) is 89.5 Å². The molecule has 0 aliphatic carbocycles. The van der Waals surface area contributed by atoms with Gasteiger partial charge < -0.3 is 24.5 Å². The Morgan fingerprint density at radius 1 is 0.868 bits per heavy atom. The standard InChI is InChI=1S/C26H26F2N4O2.C26H38FN5O2/c1-4-17-20(27)8-7-15-10-16(33)11-18(21(15)17)23-22(28)24-19(12-29-23)25(31-26(30-24)34-3)32-9-5-6-14(2)13-32;1-29-14-15-32(18-29)21-8-10-30(11-9-21)17-19-6-12-31(13-7-19)24-4-2-20(16-23(24)27)22-3-5-25(33)28-26(22)34/h7-8,10-12,14,33H,4-6,9,13H2,1-3H3;2,4,16,19,21-22H,3,5-15,17-18H2,1H3,(H,28,33,34)/t14-;/m0./s1. The summed E-state index contributed by atoms with van der Waals surface area (Å²) in [6.45, 7) is 14.4. The van der Waals surface area contributed by atoms with Gasteiger partial charge in [0.1, 0.15) is 34.4 Å². The Balaban J connectivity index is 0.000000170. The number of phenols is 1. The van der Waals surface area contributed by atoms with E-state index in [0.717, 1.165) is 71.1 Å². The van der Waals surface area contributed by atoms with Crippen LogP contribution in [0.3, 0.4) is 0 Å². The quantitative estimate of drug-likeness (QED) is 0.140. The number of fused-ring (bicyclic) bond motifs is 2. The maximum Gasteiger partial charge on any atom is 0.318 e. The van der Waals surface area contributed by atoms with Crippen LogP contribution in [0.4, 0.5) is 24.7 Å². The molecule has 0 bridgehead atoms. The fraction of sp³-hybridized carbons (Fsp3) is 0.519. The fourth-order valence-electron chi connectivity index (χ4n) is 11.2. The van der Waals surface area contributed by atoms with Crippen molar-refractivity contribution >= 4 is 45.0 Å². The number of amides is 2. The smallest absolute Gasteiger partial charge is 0.318 e. The zero-order chi connectivity index (χ0) is 47.6. The van der Waals surface area contributed by atoms with Crippen molar-refractivity contribution in [3.63, 3.8) is 0 Å². The van der Waals surface area contributed by atoms with Crippen LogP contribution in [0, 0.1) is 29.3 Å². The number of hydrogen-bond acceptors (Lipinski definition) is 12. The van der Waals surface area contributed by atoms with Gasteiger partial charge in [0.15, 0.2) is 5.82 Å². The van der Waals surface area contributed by atoms with Crippen molar-refractivity contribution in [2.24, 2.45) is 11.8 Å². The number of aryl methyl sites for hydroxylation is 1. The summed E-state index contributed by atoms with van der Waals surface area (Å²) in [5, 5.41) is 14.3. The Morgan fingerprint density at radius 2 is 1.66 bits per heavy atom. The lowest BCUT2D eigenvalue weighted by Crippen LogP contribution is -2.46. The van der Waals surface area contributed by atoms with Crippen LogP contribution in [0.5, 0.6) is 11.8 Å². The number of ether oxygens (including phenoxy) is 1. The molecule has 1 unspecified atom stereocenters. The highest BCUT2D eigenvalue weighted by atomic mass is 19.1. The van der Waals surface area contributed by atoms with Crippen molar-refractivity contribution < 1.29 is 32.6 Å². The Morgan fingerprint density at radius 3 is 2.35 bits per heavy atom. The number of methoxy groups -OCH3 is 1. The summed E-state index contributed by atoms with van der Waals surface area (Å²) in [7, 11) is 3.66. The van der Waals surface area contributed by atoms with Crippen LogP contribution >= 0.6 is 0 Å². The van der Waals surface area contributed by atoms with Crippen molar-refractivity contribution in [3.05, 3.63) is 77.2 Å². The number of pyridine rings is 1. The lowest BCUT2D eigenvalue weighted by molar-refractivity contribution is -0.134. The Bertz CT molecular complexity index is 2660. The Labute approximate surface area is 396 Å². The van der Waals surface area contributed by atoms with E-state index in [-0.39, 0.29) is 46.4 Å². The number of phenolic OH excluding ortho intramolecular Hbond substituents is 1. The van der Waals surface area contributed by atoms with Crippen LogP contribution in [0.15, 0.2) is 48.7 Å². The first-order valence-corrected chi connectivity index (χ1v) is 24.5. The minimum absolute atomic E-state index is 0.00702. The zero-order valence-electron chi connectivity index (χ0n) is 39.7. The predicted octanol–water partition coefficient (Wildman–Crippen LogP) is 7.87. The third-order valence-electron chi connectivity index (χ3n) is 14.9. The number of halogens is 3. The molecule has 5 fully saturated rings. The van der Waals surface area contributed by atoms with Crippen molar-refractivity contribution in [1.29, 1.82) is 0 Å². The lowest BCUT2D eigenvalue weighted by Gasteiger charge is -2.40. The van der Waals surface area contributed by atoms with Gasteiger partial charge in [-0.25, -0.2) is 13.2 Å². The minimum Gasteiger partial charge on any atom is -0.508 e. The molecule has 5 aliphatic rings. The van der Waals surface area contributed by atoms with Gasteiger partial charge in [-0.3, -0.25) is 29.7 Å². The first-order valence-electron chi connectivity index (χ1n) is 24.5. The lowest BCUT2D eigenvalue weighted by atomic mass is 9.90. The number of likely N-dealkylation sites (N-methyl/N-ethyl adjacent to an activating group) is 1. The number of piperidine rings is 4. The summed E-state index contributed by atoms with van der Waals surface area (Å²) in [4.78, 5) is 48.8. The molecule has 2 aromatic heterocycles. The molecule has 2 amide bonds. The number of imide groups is 1. The highest BCUT2D eigenvalue weighted by Crippen LogP contribution is 2.40. The third kappa shape index (κ3) is 10.1. The van der Waals surface area contributed by atoms with Gasteiger partial charge in [0, 0.05) is 70.0 Å². The molecule has 5 aromatic rings. The van der Waals surface area contributed by atoms with E-state index < -0.39 is 11.7 Å². The number of hydrogen-bond donors (Lipinski definition) is 2. The van der Waals surface area contributed by atoms with Gasteiger partial charge in [-0.15, -0.1) is 0 Å². The number of likely N-dealkylation sites (tertiary alicyclic amines) is 1. The van der Waals surface area contributed by atoms with Gasteiger partial charge in [0.2, 0.25) is 11.8 Å². The first-order chi connectivity index (χ1) is 32.9. The van der Waals surface area contributed by atoms with E-state index in [9.17, 15) is 23.5 Å². The van der Waals surface area contributed by atoms with E-state index in [1.54, 1.807) is 12.3 Å². The minimum atomic E-state index is -0.664. The van der Waals surface area contributed by atoms with E-state index in [0.29, 0.717) is 75.5 Å². The van der Waals surface area contributed by atoms with Crippen LogP contribution < -0.4 is 19.9 Å². The van der Waals surface area contributed by atoms with Crippen LogP contribution in [-0.4, -0.2) is 132 Å². The predicted molar refractivity (Wildman–Crippen MR) is 259 cm³/mol. The second-order valence-electron chi connectivity index (χ2n) is 19.6. The summed E-state index contributed by atoms with van der Waals surface area (Å²) >= 11 is 0. The van der Waals surface area contributed by atoms with Gasteiger partial charge in [-0.1, -0.05) is 26.0 Å². The largest absolute Gasteiger partial charge is 0.508 e. The molecule has 0 spiro atoms. The van der Waals surface area contributed by atoms with E-state index in [4.69, 9.17) is 4.74 Å². The highest BCUT2D eigenvalue weighted by molar-refractivity contribution is 6.02. The number of carbonyl (C=O) groups is 2. The average Bonchev–Trinajstić information content (AvgIpc) is 3.78. The number of carbonyl (C=O) groups excluding carboxylic acids is 2. The molecule has 0 saturated carbocycles. The van der Waals surface area contributed by atoms with Crippen LogP contribution in [0.1, 0.15) is 82.3 Å². The van der Waals surface area contributed by atoms with Gasteiger partial charge in [0.25, 0.3) is 0 Å². The average molecular weight is 936 g/mol. The number of aromatic nitrogens is 3. The summed E-state index contributed by atoms with van der Waals surface area (Å²) in [5.41, 5.74) is 2.12. The Kier molecular flexibility index (Phi) is 14.4. The first kappa shape index (κ1) is 47.5. The van der Waals surface area contributed by atoms with Crippen molar-refractivity contribution in [3.8, 4) is 23.0 Å². The molecule has 5 aliphatic heterocycles. The van der Waals surface area contributed by atoms with Crippen molar-refractivity contribution in [1.82, 2.24) is 35.0 Å². The summed E-state index contributed by atoms with van der Waals surface area (Å²) in [6, 6.07) is 11.9. The molecule has 68 heavy (non-hydrogen) atoms. The molecule has 2 N–H and O–H groups in total. The zero-order valence-corrected chi connectivity index (χ0v) is 39.7. The van der Waals surface area contributed by atoms with Gasteiger partial charge in [-0.05, 0) is 136 Å². The number of aromatic hydroxyl groups is 1. The fourth-order valence-corrected chi connectivity index (χ4v) is 11.2. The topological polar surface area (TPSA) is 130 Å². The molecular weight excluding hydrogens is 872 g/mol. The molecular formula is C52H64F3N9O4. The Hall–Kier alpha value is -5.58. The summed E-state index contributed by atoms with van der Waals surface area (Å²) in [5.74, 6) is -0.618. The maximum absolute atomic E-state index is 16.1. The number of anilines is 2. The molecule has 5 saturated heterocycles. The van der Waals surface area contributed by atoms with Crippen LogP contribution in [-0.2, 0) is 16.0 Å². The SMILES string of the molecule is CCc1c(F)ccc2cc(O)cc(-c3ncc4c(N5CCC[C@H](C)C5)nc(OC)nc4c3F)c12.CN1CCN(C2CCN(CC3CCN(c4ccc(C5CCC(=O)NC5=O)cc4F)CC3)CC2)C1. The molecule has 0 radical (unpaired) electrons. The van der Waals surface area contributed by atoms with Crippen LogP contribution in [0.25, 0.3) is 32.9 Å². The molecule has 10 rings (SSSR count). The van der Waals surface area contributed by atoms with E-state index in [1.165, 1.54) is 70.4 Å². The van der Waals surface area contributed by atoms with Crippen LogP contribution in [0.2, 0.25) is 0 Å². The number of benzene rings is 3. The van der Waals surface area contributed by atoms with Gasteiger partial charge in [0.05, 0.1) is 30.8 Å². The van der Waals surface area contributed by atoms with E-state index >= 15 is 4.39 Å². The molecule has 3 aromatic carbocycles. The molecule has 7 heterocycles. The maximum atomic E-state index is 16.1. The highest BCUT2D eigenvalue weighted by Gasteiger charge is 2.32. The normalized spacial score (nSPS) is 21.6.